The van der Waals surface area contributed by atoms with Crippen LogP contribution in [0.5, 0.6) is 11.5 Å². The van der Waals surface area contributed by atoms with Crippen molar-refractivity contribution in [1.29, 1.82) is 0 Å². The first kappa shape index (κ1) is 25.9. The lowest BCUT2D eigenvalue weighted by Gasteiger charge is -2.32. The van der Waals surface area contributed by atoms with Gasteiger partial charge in [-0.25, -0.2) is 0 Å². The molecule has 1 fully saturated rings. The lowest BCUT2D eigenvalue weighted by molar-refractivity contribution is -0.143. The molecule has 2 amide bonds. The van der Waals surface area contributed by atoms with Crippen LogP contribution in [-0.4, -0.2) is 42.5 Å². The molecule has 1 unspecified atom stereocenters. The normalized spacial score (nSPS) is 14.8. The number of halogens is 1. The molecule has 0 aliphatic heterocycles. The zero-order valence-corrected chi connectivity index (χ0v) is 21.1. The third-order valence-electron chi connectivity index (χ3n) is 6.34. The van der Waals surface area contributed by atoms with Crippen LogP contribution in [0.2, 0.25) is 5.02 Å². The topological polar surface area (TPSA) is 67.9 Å². The monoisotopic (exact) mass is 486 g/mol. The summed E-state index contributed by atoms with van der Waals surface area (Å²) in [5.74, 6) is 0.970. The van der Waals surface area contributed by atoms with Gasteiger partial charge in [0, 0.05) is 17.6 Å². The van der Waals surface area contributed by atoms with Gasteiger partial charge in [-0.15, -0.1) is 0 Å². The predicted molar refractivity (Wildman–Crippen MR) is 134 cm³/mol. The van der Waals surface area contributed by atoms with Gasteiger partial charge in [-0.3, -0.25) is 9.59 Å². The summed E-state index contributed by atoms with van der Waals surface area (Å²) < 4.78 is 11.0. The fraction of sp³-hybridized carbons (Fsp3) is 0.481. The van der Waals surface area contributed by atoms with E-state index in [9.17, 15) is 9.59 Å². The van der Waals surface area contributed by atoms with Gasteiger partial charge >= 0.3 is 0 Å². The third-order valence-corrected chi connectivity index (χ3v) is 6.77. The Morgan fingerprint density at radius 1 is 1.09 bits per heavy atom. The van der Waals surface area contributed by atoms with Crippen LogP contribution in [0.25, 0.3) is 0 Å². The average molecular weight is 487 g/mol. The fourth-order valence-corrected chi connectivity index (χ4v) is 4.44. The van der Waals surface area contributed by atoms with Crippen LogP contribution in [0.3, 0.4) is 0 Å². The predicted octanol–water partition coefficient (Wildman–Crippen LogP) is 5.29. The summed E-state index contributed by atoms with van der Waals surface area (Å²) in [5, 5.41) is 3.83. The van der Waals surface area contributed by atoms with Gasteiger partial charge in [0.15, 0.2) is 6.61 Å². The summed E-state index contributed by atoms with van der Waals surface area (Å²) in [6.45, 7) is 3.96. The van der Waals surface area contributed by atoms with Gasteiger partial charge in [0.25, 0.3) is 5.91 Å². The fourth-order valence-electron chi connectivity index (χ4n) is 4.33. The van der Waals surface area contributed by atoms with E-state index in [0.717, 1.165) is 42.6 Å². The average Bonchev–Trinajstić information content (AvgIpc) is 2.85. The Morgan fingerprint density at radius 2 is 1.76 bits per heavy atom. The van der Waals surface area contributed by atoms with E-state index in [0.29, 0.717) is 23.7 Å². The first-order chi connectivity index (χ1) is 16.4. The molecular weight excluding hydrogens is 452 g/mol. The van der Waals surface area contributed by atoms with Crippen molar-refractivity contribution in [1.82, 2.24) is 10.2 Å². The van der Waals surface area contributed by atoms with E-state index in [1.807, 2.05) is 38.1 Å². The molecule has 1 saturated carbocycles. The number of hydrogen-bond donors (Lipinski definition) is 1. The highest BCUT2D eigenvalue weighted by molar-refractivity contribution is 6.31. The van der Waals surface area contributed by atoms with Gasteiger partial charge in [-0.05, 0) is 67.6 Å². The van der Waals surface area contributed by atoms with Crippen LogP contribution in [0.1, 0.15) is 56.6 Å². The molecule has 1 aliphatic rings. The molecule has 1 atom stereocenters. The summed E-state index contributed by atoms with van der Waals surface area (Å²) >= 11 is 6.10. The Hall–Kier alpha value is -2.73. The van der Waals surface area contributed by atoms with Crippen molar-refractivity contribution in [3.63, 3.8) is 0 Å². The van der Waals surface area contributed by atoms with E-state index < -0.39 is 6.04 Å². The molecular formula is C27H35ClN2O4. The summed E-state index contributed by atoms with van der Waals surface area (Å²) in [4.78, 5) is 28.2. The Kier molecular flexibility index (Phi) is 9.63. The largest absolute Gasteiger partial charge is 0.497 e. The first-order valence-corrected chi connectivity index (χ1v) is 12.4. The molecule has 7 heteroatoms. The van der Waals surface area contributed by atoms with Crippen LogP contribution < -0.4 is 14.8 Å². The molecule has 0 spiro atoms. The maximum atomic E-state index is 13.4. The Bertz CT molecular complexity index is 958. The van der Waals surface area contributed by atoms with E-state index in [1.54, 1.807) is 30.2 Å². The van der Waals surface area contributed by atoms with E-state index in [2.05, 4.69) is 5.32 Å². The molecule has 2 aromatic rings. The van der Waals surface area contributed by atoms with Gasteiger partial charge in [0.1, 0.15) is 17.5 Å². The van der Waals surface area contributed by atoms with E-state index in [-0.39, 0.29) is 24.5 Å². The minimum absolute atomic E-state index is 0.0985. The van der Waals surface area contributed by atoms with E-state index in [1.165, 1.54) is 6.42 Å². The molecule has 0 aromatic heterocycles. The van der Waals surface area contributed by atoms with Crippen LogP contribution >= 0.6 is 11.6 Å². The summed E-state index contributed by atoms with van der Waals surface area (Å²) in [6.07, 6.45) is 5.98. The smallest absolute Gasteiger partial charge is 0.261 e. The summed E-state index contributed by atoms with van der Waals surface area (Å²) in [7, 11) is 1.61. The van der Waals surface area contributed by atoms with Gasteiger partial charge < -0.3 is 19.7 Å². The van der Waals surface area contributed by atoms with Gasteiger partial charge in [0.05, 0.1) is 7.11 Å². The Balaban J connectivity index is 1.76. The first-order valence-electron chi connectivity index (χ1n) is 12.0. The van der Waals surface area contributed by atoms with Crippen LogP contribution in [0.15, 0.2) is 42.5 Å². The lowest BCUT2D eigenvalue weighted by atomic mass is 9.95. The standard InChI is InChI=1S/C27H35ClN2O4/c1-4-25(27(32)29-21-8-6-5-7-9-21)30(17-20-10-12-22(33-3)13-11-20)26(31)18-34-23-14-15-24(28)19(2)16-23/h10-16,21,25H,4-9,17-18H2,1-3H3,(H,29,32). The number of nitrogens with one attached hydrogen (secondary N) is 1. The molecule has 34 heavy (non-hydrogen) atoms. The van der Waals surface area contributed by atoms with Gasteiger partial charge in [0.2, 0.25) is 5.91 Å². The third kappa shape index (κ3) is 7.13. The highest BCUT2D eigenvalue weighted by Crippen LogP contribution is 2.22. The lowest BCUT2D eigenvalue weighted by Crippen LogP contribution is -2.52. The zero-order chi connectivity index (χ0) is 24.5. The van der Waals surface area contributed by atoms with Crippen molar-refractivity contribution in [3.05, 3.63) is 58.6 Å². The molecule has 2 aromatic carbocycles. The van der Waals surface area contributed by atoms with Gasteiger partial charge in [-0.2, -0.15) is 0 Å². The second kappa shape index (κ2) is 12.7. The quantitative estimate of drug-likeness (QED) is 0.495. The molecule has 3 rings (SSSR count). The van der Waals surface area contributed by atoms with E-state index >= 15 is 0 Å². The highest BCUT2D eigenvalue weighted by atomic mass is 35.5. The van der Waals surface area contributed by atoms with Crippen molar-refractivity contribution in [2.75, 3.05) is 13.7 Å². The van der Waals surface area contributed by atoms with Crippen molar-refractivity contribution in [2.24, 2.45) is 0 Å². The second-order valence-corrected chi connectivity index (χ2v) is 9.24. The number of ether oxygens (including phenoxy) is 2. The zero-order valence-electron chi connectivity index (χ0n) is 20.3. The number of rotatable bonds is 10. The SMILES string of the molecule is CCC(C(=O)NC1CCCCC1)N(Cc1ccc(OC)cc1)C(=O)COc1ccc(Cl)c(C)c1. The van der Waals surface area contributed by atoms with Crippen molar-refractivity contribution < 1.29 is 19.1 Å². The molecule has 6 nitrogen and oxygen atoms in total. The number of methoxy groups -OCH3 is 1. The van der Waals surface area contributed by atoms with Crippen molar-refractivity contribution >= 4 is 23.4 Å². The van der Waals surface area contributed by atoms with Crippen LogP contribution in [-0.2, 0) is 16.1 Å². The number of amides is 2. The maximum absolute atomic E-state index is 13.4. The summed E-state index contributed by atoms with van der Waals surface area (Å²) in [6, 6.07) is 12.4. The van der Waals surface area contributed by atoms with Crippen LogP contribution in [0.4, 0.5) is 0 Å². The summed E-state index contributed by atoms with van der Waals surface area (Å²) in [5.41, 5.74) is 1.79. The van der Waals surface area contributed by atoms with Gasteiger partial charge in [-0.1, -0.05) is 49.9 Å². The highest BCUT2D eigenvalue weighted by Gasteiger charge is 2.30. The maximum Gasteiger partial charge on any atom is 0.261 e. The minimum atomic E-state index is -0.577. The molecule has 184 valence electrons. The number of benzene rings is 2. The van der Waals surface area contributed by atoms with Crippen molar-refractivity contribution in [2.45, 2.75) is 71.0 Å². The number of aryl methyl sites for hydroxylation is 1. The number of hydrogen-bond acceptors (Lipinski definition) is 4. The molecule has 1 aliphatic carbocycles. The minimum Gasteiger partial charge on any atom is -0.497 e. The molecule has 1 N–H and O–H groups in total. The Morgan fingerprint density at radius 3 is 2.38 bits per heavy atom. The molecule has 0 saturated heterocycles. The second-order valence-electron chi connectivity index (χ2n) is 8.84. The molecule has 0 radical (unpaired) electrons. The number of carbonyl (C=O) groups excluding carboxylic acids is 2. The van der Waals surface area contributed by atoms with Crippen molar-refractivity contribution in [3.8, 4) is 11.5 Å². The Labute approximate surface area is 207 Å². The number of nitrogens with zero attached hydrogens (tertiary/aromatic N) is 1. The molecule has 0 bridgehead atoms. The van der Waals surface area contributed by atoms with E-state index in [4.69, 9.17) is 21.1 Å². The molecule has 0 heterocycles. The number of carbonyl (C=O) groups is 2. The van der Waals surface area contributed by atoms with Crippen LogP contribution in [0, 0.1) is 6.92 Å².